The van der Waals surface area contributed by atoms with Gasteiger partial charge in [-0.2, -0.15) is 0 Å². The molecule has 1 fully saturated rings. The Balaban J connectivity index is 1.67. The Morgan fingerprint density at radius 3 is 2.96 bits per heavy atom. The summed E-state index contributed by atoms with van der Waals surface area (Å²) in [5.74, 6) is 0.919. The van der Waals surface area contributed by atoms with E-state index in [1.807, 2.05) is 31.2 Å². The van der Waals surface area contributed by atoms with Gasteiger partial charge in [-0.3, -0.25) is 14.8 Å². The van der Waals surface area contributed by atoms with Gasteiger partial charge in [-0.05, 0) is 32.4 Å². The van der Waals surface area contributed by atoms with E-state index in [0.29, 0.717) is 5.65 Å². The Morgan fingerprint density at radius 1 is 1.27 bits per heavy atom. The molecule has 4 rings (SSSR count). The minimum absolute atomic E-state index is 0.0640. The maximum atomic E-state index is 12.2. The quantitative estimate of drug-likeness (QED) is 0.784. The van der Waals surface area contributed by atoms with Gasteiger partial charge in [0.15, 0.2) is 5.65 Å². The van der Waals surface area contributed by atoms with Crippen molar-refractivity contribution in [3.8, 4) is 5.75 Å². The zero-order valence-corrected chi connectivity index (χ0v) is 15.2. The van der Waals surface area contributed by atoms with Gasteiger partial charge in [0.25, 0.3) is 5.56 Å². The summed E-state index contributed by atoms with van der Waals surface area (Å²) in [6.45, 7) is 3.70. The van der Waals surface area contributed by atoms with Crippen LogP contribution in [-0.2, 0) is 6.54 Å². The van der Waals surface area contributed by atoms with E-state index in [2.05, 4.69) is 21.0 Å². The SMILES string of the molecule is COc1ccccc1CN1CCCCC1c1cc2nc(C)cc(=O)n2[nH]1. The number of hydrogen-bond donors (Lipinski definition) is 1. The first-order valence-corrected chi connectivity index (χ1v) is 9.11. The second-order valence-electron chi connectivity index (χ2n) is 6.93. The molecule has 0 amide bonds. The fourth-order valence-corrected chi connectivity index (χ4v) is 3.88. The average Bonchev–Trinajstić information content (AvgIpc) is 3.07. The van der Waals surface area contributed by atoms with E-state index >= 15 is 0 Å². The molecule has 136 valence electrons. The topological polar surface area (TPSA) is 62.6 Å². The van der Waals surface area contributed by atoms with Crippen molar-refractivity contribution in [3.05, 3.63) is 63.7 Å². The highest BCUT2D eigenvalue weighted by Gasteiger charge is 2.26. The van der Waals surface area contributed by atoms with Crippen LogP contribution in [0.5, 0.6) is 5.75 Å². The molecular weight excluding hydrogens is 328 g/mol. The summed E-state index contributed by atoms with van der Waals surface area (Å²) in [5.41, 5.74) is 3.60. The minimum atomic E-state index is -0.0640. The van der Waals surface area contributed by atoms with Crippen LogP contribution >= 0.6 is 0 Å². The van der Waals surface area contributed by atoms with Crippen LogP contribution in [0.25, 0.3) is 5.65 Å². The van der Waals surface area contributed by atoms with Gasteiger partial charge >= 0.3 is 0 Å². The fourth-order valence-electron chi connectivity index (χ4n) is 3.88. The number of aromatic amines is 1. The van der Waals surface area contributed by atoms with E-state index in [-0.39, 0.29) is 11.6 Å². The molecule has 2 aromatic heterocycles. The summed E-state index contributed by atoms with van der Waals surface area (Å²) in [5, 5.41) is 3.27. The van der Waals surface area contributed by atoms with E-state index in [0.717, 1.165) is 36.6 Å². The van der Waals surface area contributed by atoms with Crippen LogP contribution in [0, 0.1) is 6.92 Å². The predicted octanol–water partition coefficient (Wildman–Crippen LogP) is 3.07. The van der Waals surface area contributed by atoms with Gasteiger partial charge in [-0.25, -0.2) is 9.50 Å². The smallest absolute Gasteiger partial charge is 0.272 e. The van der Waals surface area contributed by atoms with Crippen molar-refractivity contribution in [2.75, 3.05) is 13.7 Å². The van der Waals surface area contributed by atoms with Gasteiger partial charge in [0, 0.05) is 29.9 Å². The van der Waals surface area contributed by atoms with Crippen LogP contribution in [-0.4, -0.2) is 33.2 Å². The number of ether oxygens (including phenoxy) is 1. The number of fused-ring (bicyclic) bond motifs is 1. The number of benzene rings is 1. The molecule has 1 saturated heterocycles. The third-order valence-electron chi connectivity index (χ3n) is 5.14. The molecule has 1 aliphatic heterocycles. The number of likely N-dealkylation sites (tertiary alicyclic amines) is 1. The highest BCUT2D eigenvalue weighted by Crippen LogP contribution is 2.33. The largest absolute Gasteiger partial charge is 0.496 e. The van der Waals surface area contributed by atoms with Crippen LogP contribution in [0.1, 0.15) is 42.3 Å². The number of para-hydroxylation sites is 1. The number of piperidine rings is 1. The van der Waals surface area contributed by atoms with Crippen LogP contribution in [0.15, 0.2) is 41.2 Å². The number of H-pyrrole nitrogens is 1. The van der Waals surface area contributed by atoms with E-state index in [1.54, 1.807) is 13.2 Å². The number of aromatic nitrogens is 3. The number of nitrogens with one attached hydrogen (secondary N) is 1. The van der Waals surface area contributed by atoms with Gasteiger partial charge in [0.05, 0.1) is 18.8 Å². The van der Waals surface area contributed by atoms with Crippen molar-refractivity contribution < 1.29 is 4.74 Å². The van der Waals surface area contributed by atoms with Gasteiger partial charge < -0.3 is 4.74 Å². The summed E-state index contributed by atoms with van der Waals surface area (Å²) < 4.78 is 7.05. The van der Waals surface area contributed by atoms with E-state index in [9.17, 15) is 4.79 Å². The van der Waals surface area contributed by atoms with Crippen LogP contribution in [0.3, 0.4) is 0 Å². The maximum Gasteiger partial charge on any atom is 0.272 e. The molecule has 26 heavy (non-hydrogen) atoms. The molecular formula is C20H24N4O2. The molecule has 0 bridgehead atoms. The first kappa shape index (κ1) is 16.8. The summed E-state index contributed by atoms with van der Waals surface area (Å²) in [4.78, 5) is 19.2. The fraction of sp³-hybridized carbons (Fsp3) is 0.400. The van der Waals surface area contributed by atoms with Crippen molar-refractivity contribution in [2.24, 2.45) is 0 Å². The number of aryl methyl sites for hydroxylation is 1. The van der Waals surface area contributed by atoms with Crippen molar-refractivity contribution in [2.45, 2.75) is 38.8 Å². The Morgan fingerprint density at radius 2 is 2.12 bits per heavy atom. The van der Waals surface area contributed by atoms with Gasteiger partial charge in [-0.15, -0.1) is 0 Å². The molecule has 0 spiro atoms. The third kappa shape index (κ3) is 3.12. The van der Waals surface area contributed by atoms with Crippen LogP contribution in [0.2, 0.25) is 0 Å². The summed E-state index contributed by atoms with van der Waals surface area (Å²) in [6.07, 6.45) is 3.43. The van der Waals surface area contributed by atoms with Crippen molar-refractivity contribution in [3.63, 3.8) is 0 Å². The number of methoxy groups -OCH3 is 1. The molecule has 1 aromatic carbocycles. The zero-order chi connectivity index (χ0) is 18.1. The highest BCUT2D eigenvalue weighted by molar-refractivity contribution is 5.41. The standard InChI is InChI=1S/C20H24N4O2/c1-14-11-20(25)24-19(21-14)12-16(22-24)17-8-5-6-10-23(17)13-15-7-3-4-9-18(15)26-2/h3-4,7,9,11-12,17,22H,5-6,8,10,13H2,1-2H3. The molecule has 0 saturated carbocycles. The van der Waals surface area contributed by atoms with E-state index in [4.69, 9.17) is 4.74 Å². The van der Waals surface area contributed by atoms with Crippen LogP contribution < -0.4 is 10.3 Å². The lowest BCUT2D eigenvalue weighted by Crippen LogP contribution is -2.33. The number of hydrogen-bond acceptors (Lipinski definition) is 4. The Hall–Kier alpha value is -2.60. The highest BCUT2D eigenvalue weighted by atomic mass is 16.5. The van der Waals surface area contributed by atoms with E-state index < -0.39 is 0 Å². The van der Waals surface area contributed by atoms with Crippen LogP contribution in [0.4, 0.5) is 0 Å². The Bertz CT molecular complexity index is 975. The maximum absolute atomic E-state index is 12.2. The molecule has 0 radical (unpaired) electrons. The lowest BCUT2D eigenvalue weighted by atomic mass is 9.98. The lowest BCUT2D eigenvalue weighted by Gasteiger charge is -2.35. The first-order valence-electron chi connectivity index (χ1n) is 9.11. The van der Waals surface area contributed by atoms with Gasteiger partial charge in [0.2, 0.25) is 0 Å². The van der Waals surface area contributed by atoms with E-state index in [1.165, 1.54) is 22.9 Å². The molecule has 3 aromatic rings. The molecule has 6 nitrogen and oxygen atoms in total. The molecule has 6 heteroatoms. The molecule has 1 unspecified atom stereocenters. The summed E-state index contributed by atoms with van der Waals surface area (Å²) in [6, 6.07) is 12.0. The second-order valence-corrected chi connectivity index (χ2v) is 6.93. The zero-order valence-electron chi connectivity index (χ0n) is 15.2. The lowest BCUT2D eigenvalue weighted by molar-refractivity contribution is 0.135. The molecule has 1 N–H and O–H groups in total. The molecule has 1 aliphatic rings. The number of nitrogens with zero attached hydrogens (tertiary/aromatic N) is 3. The first-order chi connectivity index (χ1) is 12.7. The van der Waals surface area contributed by atoms with Crippen molar-refractivity contribution in [1.82, 2.24) is 19.5 Å². The third-order valence-corrected chi connectivity index (χ3v) is 5.14. The molecule has 3 heterocycles. The number of rotatable bonds is 4. The Kier molecular flexibility index (Phi) is 4.51. The second kappa shape index (κ2) is 6.96. The van der Waals surface area contributed by atoms with Crippen molar-refractivity contribution >= 4 is 5.65 Å². The Labute approximate surface area is 152 Å². The predicted molar refractivity (Wildman–Crippen MR) is 101 cm³/mol. The molecule has 0 aliphatic carbocycles. The minimum Gasteiger partial charge on any atom is -0.496 e. The molecule has 1 atom stereocenters. The van der Waals surface area contributed by atoms with Gasteiger partial charge in [-0.1, -0.05) is 24.6 Å². The summed E-state index contributed by atoms with van der Waals surface area (Å²) >= 11 is 0. The normalized spacial score (nSPS) is 18.3. The van der Waals surface area contributed by atoms with Gasteiger partial charge in [0.1, 0.15) is 5.75 Å². The monoisotopic (exact) mass is 352 g/mol. The summed E-state index contributed by atoms with van der Waals surface area (Å²) in [7, 11) is 1.71. The average molecular weight is 352 g/mol. The van der Waals surface area contributed by atoms with Crippen molar-refractivity contribution in [1.29, 1.82) is 0 Å².